The van der Waals surface area contributed by atoms with Gasteiger partial charge in [-0.25, -0.2) is 0 Å². The molecule has 3 aromatic carbocycles. The lowest BCUT2D eigenvalue weighted by Crippen LogP contribution is -2.42. The second-order valence-corrected chi connectivity index (χ2v) is 7.57. The summed E-state index contributed by atoms with van der Waals surface area (Å²) in [4.78, 5) is 0. The van der Waals surface area contributed by atoms with E-state index in [4.69, 9.17) is 4.74 Å². The van der Waals surface area contributed by atoms with E-state index in [0.717, 1.165) is 24.2 Å². The molecule has 2 atom stereocenters. The van der Waals surface area contributed by atoms with Crippen LogP contribution in [0, 0.1) is 0 Å². The first kappa shape index (κ1) is 21.4. The molecule has 0 aromatic heterocycles. The molecule has 4 rings (SSSR count). The number of hydrogen-bond donors (Lipinski definition) is 1. The largest absolute Gasteiger partial charge is 0.573 e. The number of rotatable bonds is 6. The molecule has 1 aliphatic rings. The molecule has 1 fully saturated rings. The van der Waals surface area contributed by atoms with Crippen LogP contribution in [0.1, 0.15) is 17.0 Å². The summed E-state index contributed by atoms with van der Waals surface area (Å²) in [7, 11) is 0. The van der Waals surface area contributed by atoms with E-state index in [1.807, 2.05) is 42.5 Å². The van der Waals surface area contributed by atoms with Gasteiger partial charge in [-0.1, -0.05) is 66.7 Å². The summed E-state index contributed by atoms with van der Waals surface area (Å²) >= 11 is 0. The minimum absolute atomic E-state index is 0.0177. The Kier molecular flexibility index (Phi) is 6.59. The Morgan fingerprint density at radius 1 is 0.968 bits per heavy atom. The topological polar surface area (TPSA) is 30.5 Å². The molecular formula is C25H24F3NO2. The molecule has 31 heavy (non-hydrogen) atoms. The summed E-state index contributed by atoms with van der Waals surface area (Å²) in [5, 5.41) is 3.40. The number of nitrogens with one attached hydrogen (secondary N) is 1. The minimum Gasteiger partial charge on any atom is -0.406 e. The van der Waals surface area contributed by atoms with Crippen LogP contribution in [0.25, 0.3) is 11.1 Å². The third-order valence-electron chi connectivity index (χ3n) is 5.47. The van der Waals surface area contributed by atoms with Crippen LogP contribution in [0.5, 0.6) is 5.75 Å². The van der Waals surface area contributed by atoms with Gasteiger partial charge in [-0.3, -0.25) is 0 Å². The third kappa shape index (κ3) is 5.66. The van der Waals surface area contributed by atoms with Gasteiger partial charge in [-0.2, -0.15) is 0 Å². The summed E-state index contributed by atoms with van der Waals surface area (Å²) in [6, 6.07) is 24.2. The van der Waals surface area contributed by atoms with E-state index < -0.39 is 6.36 Å². The van der Waals surface area contributed by atoms with Gasteiger partial charge in [-0.05, 0) is 40.8 Å². The first-order valence-corrected chi connectivity index (χ1v) is 10.3. The summed E-state index contributed by atoms with van der Waals surface area (Å²) < 4.78 is 48.2. The predicted octanol–water partition coefficient (Wildman–Crippen LogP) is 5.57. The zero-order valence-electron chi connectivity index (χ0n) is 16.9. The minimum atomic E-state index is -4.72. The lowest BCUT2D eigenvalue weighted by Gasteiger charge is -2.32. The molecule has 0 amide bonds. The molecule has 0 saturated carbocycles. The highest BCUT2D eigenvalue weighted by Crippen LogP contribution is 2.34. The standard InChI is InChI=1S/C25H24F3NO2/c26-25(27,28)31-21-11-6-10-19(15-21)22-12-5-4-9-20(22)16-23(18-7-2-1-3-8-18)24-17-29-13-14-30-24/h1-12,15,23-24,29H,13-14,16-17H2/t23-,24-/m0/s1. The number of alkyl halides is 3. The number of hydrogen-bond acceptors (Lipinski definition) is 3. The number of benzene rings is 3. The van der Waals surface area contributed by atoms with Crippen LogP contribution < -0.4 is 10.1 Å². The van der Waals surface area contributed by atoms with E-state index in [2.05, 4.69) is 22.2 Å². The zero-order valence-corrected chi connectivity index (χ0v) is 16.9. The van der Waals surface area contributed by atoms with Crippen molar-refractivity contribution in [1.82, 2.24) is 5.32 Å². The van der Waals surface area contributed by atoms with Crippen molar-refractivity contribution in [2.45, 2.75) is 24.8 Å². The molecule has 1 aliphatic heterocycles. The fraction of sp³-hybridized carbons (Fsp3) is 0.280. The normalized spacial score (nSPS) is 17.8. The van der Waals surface area contributed by atoms with Gasteiger partial charge in [0.25, 0.3) is 0 Å². The van der Waals surface area contributed by atoms with Crippen molar-refractivity contribution in [2.75, 3.05) is 19.7 Å². The van der Waals surface area contributed by atoms with Crippen LogP contribution in [-0.2, 0) is 11.2 Å². The quantitative estimate of drug-likeness (QED) is 0.558. The number of ether oxygens (including phenoxy) is 2. The highest BCUT2D eigenvalue weighted by molar-refractivity contribution is 5.69. The van der Waals surface area contributed by atoms with Crippen LogP contribution in [0.15, 0.2) is 78.9 Å². The van der Waals surface area contributed by atoms with Crippen LogP contribution >= 0.6 is 0 Å². The van der Waals surface area contributed by atoms with E-state index in [0.29, 0.717) is 18.6 Å². The van der Waals surface area contributed by atoms with Gasteiger partial charge in [0, 0.05) is 19.0 Å². The Hall–Kier alpha value is -2.83. The van der Waals surface area contributed by atoms with Crippen LogP contribution in [-0.4, -0.2) is 32.2 Å². The van der Waals surface area contributed by atoms with E-state index >= 15 is 0 Å². The van der Waals surface area contributed by atoms with Crippen LogP contribution in [0.3, 0.4) is 0 Å². The molecule has 0 unspecified atom stereocenters. The molecule has 0 spiro atoms. The van der Waals surface area contributed by atoms with Gasteiger partial charge in [-0.15, -0.1) is 13.2 Å². The van der Waals surface area contributed by atoms with E-state index in [9.17, 15) is 13.2 Å². The van der Waals surface area contributed by atoms with Crippen molar-refractivity contribution in [3.05, 3.63) is 90.0 Å². The molecule has 162 valence electrons. The molecule has 1 N–H and O–H groups in total. The Morgan fingerprint density at radius 3 is 2.48 bits per heavy atom. The first-order valence-electron chi connectivity index (χ1n) is 10.3. The number of halogens is 3. The maximum absolute atomic E-state index is 12.7. The molecule has 0 aliphatic carbocycles. The highest BCUT2D eigenvalue weighted by Gasteiger charge is 2.31. The summed E-state index contributed by atoms with van der Waals surface area (Å²) in [5.41, 5.74) is 3.81. The maximum atomic E-state index is 12.7. The van der Waals surface area contributed by atoms with E-state index in [1.54, 1.807) is 12.1 Å². The highest BCUT2D eigenvalue weighted by atomic mass is 19.4. The first-order chi connectivity index (χ1) is 15.0. The molecule has 1 saturated heterocycles. The Bertz CT molecular complexity index is 985. The molecule has 0 bridgehead atoms. The Labute approximate surface area is 179 Å². The third-order valence-corrected chi connectivity index (χ3v) is 5.47. The van der Waals surface area contributed by atoms with Gasteiger partial charge in [0.05, 0.1) is 12.7 Å². The van der Waals surface area contributed by atoms with Crippen molar-refractivity contribution in [1.29, 1.82) is 0 Å². The van der Waals surface area contributed by atoms with Crippen molar-refractivity contribution in [2.24, 2.45) is 0 Å². The Balaban J connectivity index is 1.66. The van der Waals surface area contributed by atoms with Crippen molar-refractivity contribution in [3.8, 4) is 16.9 Å². The molecule has 6 heteroatoms. The molecule has 1 heterocycles. The van der Waals surface area contributed by atoms with Gasteiger partial charge < -0.3 is 14.8 Å². The van der Waals surface area contributed by atoms with Gasteiger partial charge in [0.2, 0.25) is 0 Å². The maximum Gasteiger partial charge on any atom is 0.573 e. The van der Waals surface area contributed by atoms with Gasteiger partial charge >= 0.3 is 6.36 Å². The molecule has 0 radical (unpaired) electrons. The zero-order chi connectivity index (χ0) is 21.7. The average Bonchev–Trinajstić information content (AvgIpc) is 2.78. The lowest BCUT2D eigenvalue weighted by atomic mass is 9.84. The smallest absolute Gasteiger partial charge is 0.406 e. The second-order valence-electron chi connectivity index (χ2n) is 7.57. The fourth-order valence-electron chi connectivity index (χ4n) is 4.09. The van der Waals surface area contributed by atoms with Gasteiger partial charge in [0.15, 0.2) is 0 Å². The van der Waals surface area contributed by atoms with Crippen molar-refractivity contribution in [3.63, 3.8) is 0 Å². The summed E-state index contributed by atoms with van der Waals surface area (Å²) in [6.07, 6.45) is -4.00. The molecule has 3 nitrogen and oxygen atoms in total. The number of morpholine rings is 1. The second kappa shape index (κ2) is 9.54. The van der Waals surface area contributed by atoms with Crippen molar-refractivity contribution >= 4 is 0 Å². The molecular weight excluding hydrogens is 403 g/mol. The predicted molar refractivity (Wildman–Crippen MR) is 114 cm³/mol. The Morgan fingerprint density at radius 2 is 1.74 bits per heavy atom. The summed E-state index contributed by atoms with van der Waals surface area (Å²) in [6.45, 7) is 2.25. The summed E-state index contributed by atoms with van der Waals surface area (Å²) in [5.74, 6) is -0.107. The van der Waals surface area contributed by atoms with E-state index in [-0.39, 0.29) is 17.8 Å². The fourth-order valence-corrected chi connectivity index (χ4v) is 4.09. The van der Waals surface area contributed by atoms with Gasteiger partial charge in [0.1, 0.15) is 5.75 Å². The van der Waals surface area contributed by atoms with Crippen molar-refractivity contribution < 1.29 is 22.6 Å². The monoisotopic (exact) mass is 427 g/mol. The molecule has 3 aromatic rings. The SMILES string of the molecule is FC(F)(F)Oc1cccc(-c2ccccc2C[C@@H](c2ccccc2)[C@@H]2CNCCO2)c1. The van der Waals surface area contributed by atoms with E-state index in [1.165, 1.54) is 17.7 Å². The van der Waals surface area contributed by atoms with Crippen LogP contribution in [0.4, 0.5) is 13.2 Å². The lowest BCUT2D eigenvalue weighted by molar-refractivity contribution is -0.274. The average molecular weight is 427 g/mol. The van der Waals surface area contributed by atoms with Crippen LogP contribution in [0.2, 0.25) is 0 Å².